The molecule has 1 fully saturated rings. The number of aromatic nitrogens is 2. The number of hydrogen-bond donors (Lipinski definition) is 2. The third-order valence-corrected chi connectivity index (χ3v) is 3.82. The molecule has 1 aromatic rings. The summed E-state index contributed by atoms with van der Waals surface area (Å²) in [5, 5.41) is 6.92. The third-order valence-electron chi connectivity index (χ3n) is 3.82. The average molecular weight is 250 g/mol. The van der Waals surface area contributed by atoms with Crippen molar-refractivity contribution in [1.82, 2.24) is 15.1 Å². The summed E-state index contributed by atoms with van der Waals surface area (Å²) in [6.45, 7) is 5.83. The highest BCUT2D eigenvalue weighted by molar-refractivity contribution is 5.97. The number of anilines is 1. The first kappa shape index (κ1) is 12.9. The van der Waals surface area contributed by atoms with Crippen LogP contribution in [0.2, 0.25) is 0 Å². The summed E-state index contributed by atoms with van der Waals surface area (Å²) < 4.78 is 0. The Hall–Kier alpha value is -1.52. The van der Waals surface area contributed by atoms with Gasteiger partial charge in [0.15, 0.2) is 5.69 Å². The zero-order chi connectivity index (χ0) is 13.1. The number of piperidine rings is 1. The van der Waals surface area contributed by atoms with Crippen LogP contribution in [0.5, 0.6) is 0 Å². The Morgan fingerprint density at radius 2 is 2.33 bits per heavy atom. The molecule has 1 aliphatic rings. The summed E-state index contributed by atoms with van der Waals surface area (Å²) in [6, 6.07) is 0. The Morgan fingerprint density at radius 3 is 2.94 bits per heavy atom. The van der Waals surface area contributed by atoms with Gasteiger partial charge in [0.25, 0.3) is 5.91 Å². The van der Waals surface area contributed by atoms with Crippen molar-refractivity contribution >= 4 is 11.6 Å². The Labute approximate surface area is 108 Å². The van der Waals surface area contributed by atoms with E-state index in [9.17, 15) is 4.79 Å². The zero-order valence-corrected chi connectivity index (χ0v) is 11.2. The second-order valence-electron chi connectivity index (χ2n) is 4.99. The van der Waals surface area contributed by atoms with Gasteiger partial charge in [-0.1, -0.05) is 20.3 Å². The van der Waals surface area contributed by atoms with Crippen LogP contribution in [-0.4, -0.2) is 34.1 Å². The number of likely N-dealkylation sites (tertiary alicyclic amines) is 1. The molecule has 1 aromatic heterocycles. The van der Waals surface area contributed by atoms with Gasteiger partial charge in [0.2, 0.25) is 0 Å². The molecule has 18 heavy (non-hydrogen) atoms. The molecule has 1 amide bonds. The minimum atomic E-state index is -0.0263. The highest BCUT2D eigenvalue weighted by Crippen LogP contribution is 2.23. The van der Waals surface area contributed by atoms with Crippen LogP contribution >= 0.6 is 0 Å². The molecule has 100 valence electrons. The van der Waals surface area contributed by atoms with Gasteiger partial charge in [0.1, 0.15) is 0 Å². The summed E-state index contributed by atoms with van der Waals surface area (Å²) in [4.78, 5) is 14.3. The molecule has 3 N–H and O–H groups in total. The number of aryl methyl sites for hydroxylation is 1. The first-order valence-corrected chi connectivity index (χ1v) is 6.79. The van der Waals surface area contributed by atoms with Gasteiger partial charge in [-0.05, 0) is 25.2 Å². The van der Waals surface area contributed by atoms with E-state index in [1.807, 2.05) is 11.8 Å². The summed E-state index contributed by atoms with van der Waals surface area (Å²) >= 11 is 0. The quantitative estimate of drug-likeness (QED) is 0.859. The number of rotatable bonds is 3. The fraction of sp³-hybridized carbons (Fsp3) is 0.692. The third kappa shape index (κ3) is 2.35. The molecule has 0 radical (unpaired) electrons. The molecule has 0 saturated carbocycles. The van der Waals surface area contributed by atoms with Crippen LogP contribution in [0, 0.1) is 5.92 Å². The SMILES string of the molecule is CCc1[nH]nc(C(=O)N2CCCC(CC)C2)c1N. The lowest BCUT2D eigenvalue weighted by atomic mass is 9.95. The van der Waals surface area contributed by atoms with Crippen LogP contribution in [-0.2, 0) is 6.42 Å². The van der Waals surface area contributed by atoms with E-state index in [2.05, 4.69) is 17.1 Å². The van der Waals surface area contributed by atoms with Crippen molar-refractivity contribution in [2.75, 3.05) is 18.8 Å². The number of H-pyrrole nitrogens is 1. The predicted molar refractivity (Wildman–Crippen MR) is 71.3 cm³/mol. The van der Waals surface area contributed by atoms with E-state index in [-0.39, 0.29) is 5.91 Å². The van der Waals surface area contributed by atoms with Gasteiger partial charge < -0.3 is 10.6 Å². The summed E-state index contributed by atoms with van der Waals surface area (Å²) in [5.41, 5.74) is 7.70. The molecule has 0 aliphatic carbocycles. The maximum Gasteiger partial charge on any atom is 0.276 e. The van der Waals surface area contributed by atoms with Gasteiger partial charge in [0, 0.05) is 13.1 Å². The standard InChI is InChI=1S/C13H22N4O/c1-3-9-6-5-7-17(8-9)13(18)12-11(14)10(4-2)15-16-12/h9H,3-8,14H2,1-2H3,(H,15,16). The normalized spacial score (nSPS) is 20.1. The first-order chi connectivity index (χ1) is 8.67. The van der Waals surface area contributed by atoms with Gasteiger partial charge in [0.05, 0.1) is 11.4 Å². The lowest BCUT2D eigenvalue weighted by Crippen LogP contribution is -2.40. The van der Waals surface area contributed by atoms with Crippen LogP contribution in [0.1, 0.15) is 49.3 Å². The van der Waals surface area contributed by atoms with Gasteiger partial charge in [-0.2, -0.15) is 5.10 Å². The largest absolute Gasteiger partial charge is 0.395 e. The number of aromatic amines is 1. The highest BCUT2D eigenvalue weighted by Gasteiger charge is 2.26. The monoisotopic (exact) mass is 250 g/mol. The van der Waals surface area contributed by atoms with Crippen LogP contribution < -0.4 is 5.73 Å². The van der Waals surface area contributed by atoms with Gasteiger partial charge in [-0.3, -0.25) is 9.89 Å². The summed E-state index contributed by atoms with van der Waals surface area (Å²) in [5.74, 6) is 0.593. The highest BCUT2D eigenvalue weighted by atomic mass is 16.2. The number of nitrogens with one attached hydrogen (secondary N) is 1. The molecule has 5 heteroatoms. The predicted octanol–water partition coefficient (Wildman–Crippen LogP) is 1.82. The van der Waals surface area contributed by atoms with Crippen molar-refractivity contribution < 1.29 is 4.79 Å². The molecule has 2 rings (SSSR count). The Bertz CT molecular complexity index is 427. The molecule has 1 unspecified atom stereocenters. The Kier molecular flexibility index (Phi) is 3.89. The number of nitrogens with zero attached hydrogens (tertiary/aromatic N) is 2. The minimum Gasteiger partial charge on any atom is -0.395 e. The van der Waals surface area contributed by atoms with E-state index >= 15 is 0 Å². The lowest BCUT2D eigenvalue weighted by Gasteiger charge is -2.31. The topological polar surface area (TPSA) is 75.0 Å². The Morgan fingerprint density at radius 1 is 1.56 bits per heavy atom. The van der Waals surface area contributed by atoms with Crippen LogP contribution in [0.15, 0.2) is 0 Å². The number of amides is 1. The van der Waals surface area contributed by atoms with Gasteiger partial charge in [-0.15, -0.1) is 0 Å². The molecule has 0 aromatic carbocycles. The summed E-state index contributed by atoms with van der Waals surface area (Å²) in [6.07, 6.45) is 4.19. The van der Waals surface area contributed by atoms with E-state index < -0.39 is 0 Å². The molecule has 0 spiro atoms. The van der Waals surface area contributed by atoms with E-state index in [1.54, 1.807) is 0 Å². The number of hydrogen-bond acceptors (Lipinski definition) is 3. The van der Waals surface area contributed by atoms with Crippen molar-refractivity contribution in [2.24, 2.45) is 5.92 Å². The van der Waals surface area contributed by atoms with E-state index in [1.165, 1.54) is 6.42 Å². The van der Waals surface area contributed by atoms with Crippen LogP contribution in [0.4, 0.5) is 5.69 Å². The maximum absolute atomic E-state index is 12.4. The fourth-order valence-corrected chi connectivity index (χ4v) is 2.55. The molecular formula is C13H22N4O. The zero-order valence-electron chi connectivity index (χ0n) is 11.2. The minimum absolute atomic E-state index is 0.0263. The molecule has 0 bridgehead atoms. The van der Waals surface area contributed by atoms with Crippen LogP contribution in [0.3, 0.4) is 0 Å². The molecular weight excluding hydrogens is 228 g/mol. The molecule has 1 saturated heterocycles. The fourth-order valence-electron chi connectivity index (χ4n) is 2.55. The van der Waals surface area contributed by atoms with Crippen molar-refractivity contribution in [2.45, 2.75) is 39.5 Å². The van der Waals surface area contributed by atoms with E-state index in [0.717, 1.165) is 38.0 Å². The molecule has 1 aliphatic heterocycles. The van der Waals surface area contributed by atoms with Crippen molar-refractivity contribution in [3.05, 3.63) is 11.4 Å². The number of carbonyl (C=O) groups excluding carboxylic acids is 1. The van der Waals surface area contributed by atoms with Gasteiger partial charge in [-0.25, -0.2) is 0 Å². The van der Waals surface area contributed by atoms with Crippen molar-refractivity contribution in [1.29, 1.82) is 0 Å². The molecule has 5 nitrogen and oxygen atoms in total. The average Bonchev–Trinajstić information content (AvgIpc) is 2.79. The van der Waals surface area contributed by atoms with Crippen LogP contribution in [0.25, 0.3) is 0 Å². The smallest absolute Gasteiger partial charge is 0.276 e. The maximum atomic E-state index is 12.4. The van der Waals surface area contributed by atoms with Crippen molar-refractivity contribution in [3.8, 4) is 0 Å². The molecule has 2 heterocycles. The second kappa shape index (κ2) is 5.42. The number of nitrogen functional groups attached to an aromatic ring is 1. The first-order valence-electron chi connectivity index (χ1n) is 6.79. The summed E-state index contributed by atoms with van der Waals surface area (Å²) in [7, 11) is 0. The number of nitrogens with two attached hydrogens (primary N) is 1. The van der Waals surface area contributed by atoms with Gasteiger partial charge >= 0.3 is 0 Å². The van der Waals surface area contributed by atoms with E-state index in [4.69, 9.17) is 5.73 Å². The van der Waals surface area contributed by atoms with Crippen molar-refractivity contribution in [3.63, 3.8) is 0 Å². The Balaban J connectivity index is 2.12. The molecule has 1 atom stereocenters. The lowest BCUT2D eigenvalue weighted by molar-refractivity contribution is 0.0666. The number of carbonyl (C=O) groups is 1. The second-order valence-corrected chi connectivity index (χ2v) is 4.99. The van der Waals surface area contributed by atoms with E-state index in [0.29, 0.717) is 17.3 Å².